The second-order valence-corrected chi connectivity index (χ2v) is 17.0. The zero-order chi connectivity index (χ0) is 34.2. The minimum absolute atomic E-state index is 0.0807. The van der Waals surface area contributed by atoms with Crippen molar-refractivity contribution >= 4 is 38.5 Å². The molecule has 3 heterocycles. The molecule has 0 spiro atoms. The van der Waals surface area contributed by atoms with Gasteiger partial charge in [0, 0.05) is 30.2 Å². The van der Waals surface area contributed by atoms with Crippen LogP contribution in [0.25, 0.3) is 10.9 Å². The normalized spacial score (nSPS) is 29.2. The smallest absolute Gasteiger partial charge is 0.240 e. The summed E-state index contributed by atoms with van der Waals surface area (Å²) in [6.45, 7) is 1.87. The Morgan fingerprint density at radius 2 is 1.78 bits per heavy atom. The van der Waals surface area contributed by atoms with Crippen molar-refractivity contribution in [2.24, 2.45) is 17.3 Å². The largest absolute Gasteiger partial charge is 0.472 e. The van der Waals surface area contributed by atoms with Crippen molar-refractivity contribution < 1.29 is 27.5 Å². The number of fused-ring (bicyclic) bond motifs is 3. The summed E-state index contributed by atoms with van der Waals surface area (Å²) < 4.78 is 34.0. The van der Waals surface area contributed by atoms with Crippen molar-refractivity contribution in [2.45, 2.75) is 94.4 Å². The van der Waals surface area contributed by atoms with Crippen LogP contribution in [0.4, 0.5) is 0 Å². The van der Waals surface area contributed by atoms with Crippen molar-refractivity contribution in [2.75, 3.05) is 6.54 Å². The first-order valence-corrected chi connectivity index (χ1v) is 19.2. The van der Waals surface area contributed by atoms with E-state index in [1.165, 1.54) is 0 Å². The van der Waals surface area contributed by atoms with Crippen LogP contribution in [0.15, 0.2) is 78.9 Å². The summed E-state index contributed by atoms with van der Waals surface area (Å²) in [6.07, 6.45) is 10.00. The van der Waals surface area contributed by atoms with Gasteiger partial charge in [-0.25, -0.2) is 13.4 Å². The number of hydrogen-bond donors (Lipinski definition) is 1. The van der Waals surface area contributed by atoms with Gasteiger partial charge in [0.25, 0.3) is 0 Å². The highest BCUT2D eigenvalue weighted by Gasteiger charge is 2.62. The minimum atomic E-state index is -3.88. The van der Waals surface area contributed by atoms with Crippen LogP contribution >= 0.6 is 0 Å². The van der Waals surface area contributed by atoms with E-state index in [4.69, 9.17) is 4.74 Å². The lowest BCUT2D eigenvalue weighted by molar-refractivity contribution is -0.142. The van der Waals surface area contributed by atoms with E-state index in [1.807, 2.05) is 72.8 Å². The molecule has 3 fully saturated rings. The molecule has 7 rings (SSSR count). The molecule has 2 aromatic carbocycles. The number of carbonyl (C=O) groups is 3. The maximum Gasteiger partial charge on any atom is 0.240 e. The van der Waals surface area contributed by atoms with Crippen LogP contribution in [0.5, 0.6) is 5.88 Å². The number of benzene rings is 2. The average Bonchev–Trinajstić information content (AvgIpc) is 3.97. The van der Waals surface area contributed by atoms with Crippen molar-refractivity contribution in [1.29, 1.82) is 0 Å². The summed E-state index contributed by atoms with van der Waals surface area (Å²) in [5, 5.41) is 0.984. The van der Waals surface area contributed by atoms with Gasteiger partial charge in [-0.2, -0.15) is 0 Å². The molecule has 5 atom stereocenters. The highest BCUT2D eigenvalue weighted by atomic mass is 32.2. The molecule has 2 aliphatic heterocycles. The topological polar surface area (TPSA) is 123 Å². The van der Waals surface area contributed by atoms with Crippen LogP contribution in [0.2, 0.25) is 0 Å². The molecular weight excluding hydrogens is 639 g/mol. The van der Waals surface area contributed by atoms with Gasteiger partial charge < -0.3 is 9.64 Å². The van der Waals surface area contributed by atoms with Crippen molar-refractivity contribution in [3.63, 3.8) is 0 Å². The van der Waals surface area contributed by atoms with Gasteiger partial charge >= 0.3 is 0 Å². The van der Waals surface area contributed by atoms with Gasteiger partial charge in [0.2, 0.25) is 27.7 Å². The number of pyridine rings is 1. The van der Waals surface area contributed by atoms with Crippen molar-refractivity contribution in [1.82, 2.24) is 14.6 Å². The van der Waals surface area contributed by atoms with Gasteiger partial charge in [-0.3, -0.25) is 19.1 Å². The van der Waals surface area contributed by atoms with E-state index in [2.05, 4.69) is 15.8 Å². The zero-order valence-corrected chi connectivity index (χ0v) is 28.9. The Bertz CT molecular complexity index is 1870. The molecular formula is C39H45N3O6S. The predicted molar refractivity (Wildman–Crippen MR) is 187 cm³/mol. The first-order valence-electron chi connectivity index (χ1n) is 17.7. The minimum Gasteiger partial charge on any atom is -0.472 e. The number of ketones is 1. The summed E-state index contributed by atoms with van der Waals surface area (Å²) in [4.78, 5) is 49.1. The number of ether oxygens (including phenoxy) is 1. The molecule has 2 saturated carbocycles. The molecule has 0 unspecified atom stereocenters. The number of nitrogens with zero attached hydrogens (tertiary/aromatic N) is 2. The quantitative estimate of drug-likeness (QED) is 0.307. The first-order chi connectivity index (χ1) is 23.6. The Balaban J connectivity index is 1.18. The van der Waals surface area contributed by atoms with Crippen LogP contribution in [-0.4, -0.2) is 59.3 Å². The number of allylic oxidation sites excluding steroid dienone is 2. The second kappa shape index (κ2) is 13.3. The monoisotopic (exact) mass is 683 g/mol. The van der Waals surface area contributed by atoms with Crippen LogP contribution in [0.3, 0.4) is 0 Å². The highest BCUT2D eigenvalue weighted by Crippen LogP contribution is 2.57. The van der Waals surface area contributed by atoms with E-state index in [0.717, 1.165) is 42.1 Å². The SMILES string of the molecule is CC1(S(=O)(=O)NC(=O)[C@]23CC(=O)[C@@H]4C[C@@H](Oc5ccc6ccccc6n5)CN4C(=O)[C@@H](Cc4ccccc4)CCCCC/C=C\[C@H]2C3)CC1. The van der Waals surface area contributed by atoms with E-state index in [0.29, 0.717) is 38.0 Å². The number of sulfonamides is 1. The number of aromatic nitrogens is 1. The third-order valence-corrected chi connectivity index (χ3v) is 13.3. The number of carbonyl (C=O) groups excluding carboxylic acids is 3. The fourth-order valence-electron chi connectivity index (χ4n) is 7.60. The summed E-state index contributed by atoms with van der Waals surface area (Å²) in [7, 11) is -3.88. The van der Waals surface area contributed by atoms with Gasteiger partial charge in [0.1, 0.15) is 6.10 Å². The van der Waals surface area contributed by atoms with E-state index in [1.54, 1.807) is 11.8 Å². The second-order valence-electron chi connectivity index (χ2n) is 14.8. The fourth-order valence-corrected chi connectivity index (χ4v) is 8.94. The Kier molecular flexibility index (Phi) is 9.11. The molecule has 4 aliphatic rings. The van der Waals surface area contributed by atoms with Gasteiger partial charge in [-0.05, 0) is 75.5 Å². The van der Waals surface area contributed by atoms with Gasteiger partial charge in [-0.15, -0.1) is 0 Å². The van der Waals surface area contributed by atoms with Crippen LogP contribution in [0.1, 0.15) is 76.7 Å². The standard InChI is InChI=1S/C39H45N3O6S/c1-38(20-21-38)49(46,47)41-37(45)39-24-30(39)16-9-4-2-3-8-15-29(22-27-12-6-5-7-13-27)36(44)42-26-31(23-33(42)34(43)25-39)48-35-19-18-28-14-10-11-17-32(28)40-35/h5-7,9-14,16-19,29-31,33H,2-4,8,15,20-26H2,1H3,(H,41,45)/b16-9-/t29-,30+,31-,33+,39-/m1/s1. The Labute approximate surface area is 288 Å². The number of para-hydroxylation sites is 1. The van der Waals surface area contributed by atoms with Crippen molar-refractivity contribution in [3.05, 3.63) is 84.4 Å². The molecule has 49 heavy (non-hydrogen) atoms. The summed E-state index contributed by atoms with van der Waals surface area (Å²) in [5.74, 6) is -1.06. The molecule has 1 N–H and O–H groups in total. The van der Waals surface area contributed by atoms with Crippen LogP contribution < -0.4 is 9.46 Å². The summed E-state index contributed by atoms with van der Waals surface area (Å²) in [5.41, 5.74) is 0.695. The number of nitrogens with one attached hydrogen (secondary N) is 1. The van der Waals surface area contributed by atoms with Gasteiger partial charge in [0.15, 0.2) is 5.78 Å². The fraction of sp³-hybridized carbons (Fsp3) is 0.487. The third kappa shape index (κ3) is 7.02. The molecule has 10 heteroatoms. The Hall–Kier alpha value is -4.05. The molecule has 2 aliphatic carbocycles. The van der Waals surface area contributed by atoms with E-state index in [-0.39, 0.29) is 42.9 Å². The zero-order valence-electron chi connectivity index (χ0n) is 28.1. The molecule has 0 radical (unpaired) electrons. The summed E-state index contributed by atoms with van der Waals surface area (Å²) >= 11 is 0. The molecule has 2 amide bonds. The van der Waals surface area contributed by atoms with E-state index >= 15 is 0 Å². The number of hydrogen-bond acceptors (Lipinski definition) is 7. The summed E-state index contributed by atoms with van der Waals surface area (Å²) in [6, 6.07) is 20.7. The maximum absolute atomic E-state index is 14.5. The Morgan fingerprint density at radius 1 is 1.00 bits per heavy atom. The van der Waals surface area contributed by atoms with Gasteiger partial charge in [-0.1, -0.05) is 73.5 Å². The number of rotatable bonds is 7. The highest BCUT2D eigenvalue weighted by molar-refractivity contribution is 7.91. The van der Waals surface area contributed by atoms with Crippen LogP contribution in [0, 0.1) is 17.3 Å². The molecule has 258 valence electrons. The molecule has 1 saturated heterocycles. The lowest BCUT2D eigenvalue weighted by atomic mass is 9.90. The first kappa shape index (κ1) is 33.4. The molecule has 9 nitrogen and oxygen atoms in total. The Morgan fingerprint density at radius 3 is 2.57 bits per heavy atom. The molecule has 1 aromatic heterocycles. The van der Waals surface area contributed by atoms with Crippen molar-refractivity contribution in [3.8, 4) is 5.88 Å². The van der Waals surface area contributed by atoms with E-state index in [9.17, 15) is 22.8 Å². The lowest BCUT2D eigenvalue weighted by Gasteiger charge is -2.29. The third-order valence-electron chi connectivity index (χ3n) is 11.1. The predicted octanol–water partition coefficient (Wildman–Crippen LogP) is 5.93. The molecule has 0 bridgehead atoms. The van der Waals surface area contributed by atoms with Crippen LogP contribution in [-0.2, 0) is 30.8 Å². The average molecular weight is 684 g/mol. The van der Waals surface area contributed by atoms with Gasteiger partial charge in [0.05, 0.1) is 28.3 Å². The maximum atomic E-state index is 14.5. The number of amides is 2. The molecule has 3 aromatic rings. The number of Topliss-reactive ketones (excluding diaryl/α,β-unsaturated/α-hetero) is 1. The van der Waals surface area contributed by atoms with E-state index < -0.39 is 38.2 Å². The lowest BCUT2D eigenvalue weighted by Crippen LogP contribution is -2.47.